The minimum absolute atomic E-state index is 0.00705. The van der Waals surface area contributed by atoms with Crippen LogP contribution in [-0.4, -0.2) is 70.3 Å². The van der Waals surface area contributed by atoms with Crippen molar-refractivity contribution in [2.24, 2.45) is 5.92 Å². The maximum atomic E-state index is 13.2. The summed E-state index contributed by atoms with van der Waals surface area (Å²) in [5.41, 5.74) is 3.19. The molecule has 1 fully saturated rings. The summed E-state index contributed by atoms with van der Waals surface area (Å²) in [6.45, 7) is 9.09. The third-order valence-electron chi connectivity index (χ3n) is 6.57. The second-order valence-electron chi connectivity index (χ2n) is 10.3. The minimum Gasteiger partial charge on any atom is -0.391 e. The zero-order chi connectivity index (χ0) is 28.0. The molecule has 0 unspecified atom stereocenters. The lowest BCUT2D eigenvalue weighted by Gasteiger charge is -2.28. The van der Waals surface area contributed by atoms with Crippen molar-refractivity contribution >= 4 is 40.3 Å². The first-order valence-electron chi connectivity index (χ1n) is 13.0. The molecule has 0 spiro atoms. The molecule has 0 radical (unpaired) electrons. The molecule has 1 saturated heterocycles. The zero-order valence-corrected chi connectivity index (χ0v) is 23.5. The summed E-state index contributed by atoms with van der Waals surface area (Å²) in [7, 11) is 0. The van der Waals surface area contributed by atoms with Gasteiger partial charge in [-0.15, -0.1) is 11.8 Å². The highest BCUT2D eigenvalue weighted by atomic mass is 32.2. The van der Waals surface area contributed by atoms with Gasteiger partial charge in [0.15, 0.2) is 0 Å². The number of β-amino-alcohol motifs (C(OH)–C–C–N with tert-alkyl or cyclic N) is 1. The van der Waals surface area contributed by atoms with E-state index >= 15 is 0 Å². The second-order valence-corrected chi connectivity index (χ2v) is 11.3. The van der Waals surface area contributed by atoms with Gasteiger partial charge in [-0.05, 0) is 37.3 Å². The monoisotopic (exact) mass is 545 g/mol. The first-order chi connectivity index (χ1) is 18.0. The molecule has 38 heavy (non-hydrogen) atoms. The predicted molar refractivity (Wildman–Crippen MR) is 147 cm³/mol. The van der Waals surface area contributed by atoms with Crippen LogP contribution in [0, 0.1) is 5.92 Å². The summed E-state index contributed by atoms with van der Waals surface area (Å²) in [6.07, 6.45) is -0.288. The van der Waals surface area contributed by atoms with E-state index in [4.69, 9.17) is 0 Å². The van der Waals surface area contributed by atoms with Crippen LogP contribution in [0.5, 0.6) is 0 Å². The highest BCUT2D eigenvalue weighted by Gasteiger charge is 2.40. The van der Waals surface area contributed by atoms with E-state index in [0.29, 0.717) is 6.42 Å². The summed E-state index contributed by atoms with van der Waals surface area (Å²) in [5.74, 6) is -0.602. The molecule has 0 aromatic heterocycles. The average molecular weight is 546 g/mol. The fraction of sp³-hybridized carbons (Fsp3) is 0.556. The topological polar surface area (TPSA) is 140 Å². The van der Waals surface area contributed by atoms with Crippen LogP contribution in [0.15, 0.2) is 30.0 Å². The molecule has 3 rings (SSSR count). The highest BCUT2D eigenvalue weighted by molar-refractivity contribution is 8.08. The van der Waals surface area contributed by atoms with Gasteiger partial charge in [0.25, 0.3) is 0 Å². The Balaban J connectivity index is 1.59. The molecule has 0 bridgehead atoms. The van der Waals surface area contributed by atoms with Gasteiger partial charge < -0.3 is 31.3 Å². The molecule has 11 heteroatoms. The van der Waals surface area contributed by atoms with Gasteiger partial charge in [0.2, 0.25) is 23.6 Å². The zero-order valence-electron chi connectivity index (χ0n) is 22.7. The third kappa shape index (κ3) is 7.73. The number of carbonyl (C=O) groups is 4. The molecule has 4 amide bonds. The normalized spacial score (nSPS) is 20.7. The smallest absolute Gasteiger partial charge is 0.245 e. The maximum absolute atomic E-state index is 13.2. The van der Waals surface area contributed by atoms with E-state index in [9.17, 15) is 24.3 Å². The van der Waals surface area contributed by atoms with Gasteiger partial charge in [0, 0.05) is 37.0 Å². The number of hydrogen-bond acceptors (Lipinski definition) is 7. The number of hydrogen-bond donors (Lipinski definition) is 5. The van der Waals surface area contributed by atoms with Gasteiger partial charge in [-0.3, -0.25) is 19.2 Å². The molecular weight excluding hydrogens is 506 g/mol. The van der Waals surface area contributed by atoms with Crippen LogP contribution >= 0.6 is 11.8 Å². The summed E-state index contributed by atoms with van der Waals surface area (Å²) >= 11 is 1.75. The number of nitrogens with zero attached hydrogens (tertiary/aromatic N) is 1. The number of rotatable bonds is 10. The van der Waals surface area contributed by atoms with Crippen molar-refractivity contribution in [1.29, 1.82) is 0 Å². The molecule has 2 heterocycles. The lowest BCUT2D eigenvalue weighted by Crippen LogP contribution is -2.55. The van der Waals surface area contributed by atoms with Crippen LogP contribution in [0.2, 0.25) is 0 Å². The Morgan fingerprint density at radius 2 is 1.82 bits per heavy atom. The Morgan fingerprint density at radius 1 is 1.13 bits per heavy atom. The Morgan fingerprint density at radius 3 is 2.39 bits per heavy atom. The number of nitrogens with one attached hydrogen (secondary N) is 4. The summed E-state index contributed by atoms with van der Waals surface area (Å²) in [5, 5.41) is 21.7. The maximum Gasteiger partial charge on any atom is 0.245 e. The van der Waals surface area contributed by atoms with Crippen LogP contribution in [0.25, 0.3) is 4.91 Å². The van der Waals surface area contributed by atoms with Crippen molar-refractivity contribution in [2.45, 2.75) is 78.2 Å². The Hall–Kier alpha value is -3.05. The van der Waals surface area contributed by atoms with Gasteiger partial charge in [-0.2, -0.15) is 0 Å². The largest absolute Gasteiger partial charge is 0.391 e. The van der Waals surface area contributed by atoms with Gasteiger partial charge >= 0.3 is 0 Å². The Kier molecular flexibility index (Phi) is 10.2. The van der Waals surface area contributed by atoms with Crippen LogP contribution in [-0.2, 0) is 25.7 Å². The molecule has 5 N–H and O–H groups in total. The quantitative estimate of drug-likeness (QED) is 0.299. The van der Waals surface area contributed by atoms with Crippen molar-refractivity contribution in [3.8, 4) is 0 Å². The van der Waals surface area contributed by atoms with E-state index in [-0.39, 0.29) is 37.2 Å². The van der Waals surface area contributed by atoms with E-state index in [2.05, 4.69) is 21.3 Å². The molecule has 208 valence electrons. The van der Waals surface area contributed by atoms with Gasteiger partial charge in [-0.25, -0.2) is 0 Å². The first kappa shape index (κ1) is 29.5. The number of thioether (sulfide) groups is 1. The van der Waals surface area contributed by atoms with Gasteiger partial charge in [-0.1, -0.05) is 38.1 Å². The van der Waals surface area contributed by atoms with Crippen molar-refractivity contribution in [1.82, 2.24) is 26.2 Å². The molecule has 1 aromatic carbocycles. The standard InChI is InChI=1S/C27H39N5O5S/c1-15(2)10-22(31-18(5)33)25(35)30-17(4)27(37)32-13-21(34)11-23(32)26(36)28-12-19-6-8-20(9-7-19)24-16(3)29-14-38-24/h6-9,15,17,21-23,29,34H,10-14H2,1-5H3,(H,28,36)(H,30,35)(H,31,33)/t17-,21+,22-,23-/m0/s1. The second kappa shape index (κ2) is 13.1. The number of amides is 4. The summed E-state index contributed by atoms with van der Waals surface area (Å²) in [4.78, 5) is 53.1. The summed E-state index contributed by atoms with van der Waals surface area (Å²) < 4.78 is 0. The Bertz CT molecular complexity index is 1070. The van der Waals surface area contributed by atoms with E-state index in [1.807, 2.05) is 45.0 Å². The van der Waals surface area contributed by atoms with Crippen molar-refractivity contribution in [2.75, 3.05) is 12.4 Å². The fourth-order valence-corrected chi connectivity index (χ4v) is 5.69. The fourth-order valence-electron chi connectivity index (χ4n) is 4.66. The molecule has 10 nitrogen and oxygen atoms in total. The molecule has 1 aromatic rings. The van der Waals surface area contributed by atoms with Gasteiger partial charge in [0.1, 0.15) is 18.1 Å². The first-order valence-corrected chi connectivity index (χ1v) is 13.9. The minimum atomic E-state index is -0.931. The summed E-state index contributed by atoms with van der Waals surface area (Å²) in [6, 6.07) is 5.43. The number of carbonyl (C=O) groups excluding carboxylic acids is 4. The van der Waals surface area contributed by atoms with Crippen LogP contribution < -0.4 is 21.3 Å². The molecule has 0 saturated carbocycles. The van der Waals surface area contributed by atoms with Crippen LogP contribution in [0.4, 0.5) is 0 Å². The number of aliphatic hydroxyl groups is 1. The third-order valence-corrected chi connectivity index (χ3v) is 7.69. The molecular formula is C27H39N5O5S. The predicted octanol–water partition coefficient (Wildman–Crippen LogP) is 1.30. The van der Waals surface area contributed by atoms with E-state index in [0.717, 1.165) is 22.7 Å². The van der Waals surface area contributed by atoms with E-state index in [1.165, 1.54) is 23.7 Å². The molecule has 0 aliphatic carbocycles. The number of aliphatic hydroxyl groups excluding tert-OH is 1. The highest BCUT2D eigenvalue weighted by Crippen LogP contribution is 2.33. The number of likely N-dealkylation sites (tertiary alicyclic amines) is 1. The van der Waals surface area contributed by atoms with Crippen LogP contribution in [0.1, 0.15) is 58.6 Å². The Labute approximate surface area is 228 Å². The van der Waals surface area contributed by atoms with Crippen molar-refractivity contribution < 1.29 is 24.3 Å². The lowest BCUT2D eigenvalue weighted by molar-refractivity contribution is -0.141. The lowest BCUT2D eigenvalue weighted by atomic mass is 10.0. The van der Waals surface area contributed by atoms with E-state index < -0.39 is 36.0 Å². The molecule has 4 atom stereocenters. The van der Waals surface area contributed by atoms with Gasteiger partial charge in [0.05, 0.1) is 12.0 Å². The average Bonchev–Trinajstić information content (AvgIpc) is 3.46. The van der Waals surface area contributed by atoms with Crippen molar-refractivity contribution in [3.63, 3.8) is 0 Å². The van der Waals surface area contributed by atoms with E-state index in [1.54, 1.807) is 11.8 Å². The molecule has 2 aliphatic rings. The SMILES string of the molecule is CC(=O)N[C@@H](CC(C)C)C(=O)N[C@@H](C)C(=O)N1C[C@H](O)C[C@H]1C(=O)NCc1ccc(C2=C(C)NCS2)cc1. The number of allylic oxidation sites excluding steroid dienone is 1. The van der Waals surface area contributed by atoms with Crippen LogP contribution in [0.3, 0.4) is 0 Å². The molecule has 2 aliphatic heterocycles. The number of benzene rings is 1. The van der Waals surface area contributed by atoms with Crippen molar-refractivity contribution in [3.05, 3.63) is 41.1 Å².